The lowest BCUT2D eigenvalue weighted by Crippen LogP contribution is -2.04. The second kappa shape index (κ2) is 6.24. The molecule has 0 N–H and O–H groups in total. The molecule has 11 heteroatoms. The fraction of sp³-hybridized carbons (Fsp3) is 0.267. The second-order valence-electron chi connectivity index (χ2n) is 5.51. The van der Waals surface area contributed by atoms with Crippen molar-refractivity contribution in [2.75, 3.05) is 0 Å². The van der Waals surface area contributed by atoms with Crippen LogP contribution < -0.4 is 0 Å². The van der Waals surface area contributed by atoms with Crippen molar-refractivity contribution >= 4 is 5.69 Å². The van der Waals surface area contributed by atoms with Crippen molar-refractivity contribution in [3.05, 3.63) is 57.2 Å². The molecule has 0 fully saturated rings. The summed E-state index contributed by atoms with van der Waals surface area (Å²) in [5, 5.41) is 22.6. The molecule has 2 heterocycles. The van der Waals surface area contributed by atoms with Gasteiger partial charge in [-0.3, -0.25) is 14.8 Å². The van der Waals surface area contributed by atoms with Crippen molar-refractivity contribution in [3.8, 4) is 11.5 Å². The largest absolute Gasteiger partial charge is 0.419 e. The molecule has 0 atom stereocenters. The Morgan fingerprint density at radius 2 is 2.00 bits per heavy atom. The third-order valence-corrected chi connectivity index (χ3v) is 3.71. The summed E-state index contributed by atoms with van der Waals surface area (Å²) < 4.78 is 45.1. The minimum absolute atomic E-state index is 0.0352. The van der Waals surface area contributed by atoms with Gasteiger partial charge in [-0.1, -0.05) is 6.07 Å². The van der Waals surface area contributed by atoms with Gasteiger partial charge in [0.2, 0.25) is 11.8 Å². The van der Waals surface area contributed by atoms with Crippen LogP contribution in [0.2, 0.25) is 0 Å². The van der Waals surface area contributed by atoms with Crippen LogP contribution in [0.3, 0.4) is 0 Å². The van der Waals surface area contributed by atoms with Gasteiger partial charge in [0.05, 0.1) is 10.5 Å². The van der Waals surface area contributed by atoms with Crippen molar-refractivity contribution in [2.24, 2.45) is 0 Å². The van der Waals surface area contributed by atoms with Gasteiger partial charge in [0.25, 0.3) is 0 Å². The van der Waals surface area contributed by atoms with Crippen molar-refractivity contribution in [3.63, 3.8) is 0 Å². The van der Waals surface area contributed by atoms with Crippen molar-refractivity contribution in [2.45, 2.75) is 26.6 Å². The SMILES string of the molecule is Cc1nn(Cc2nnc(-c3cccc(C(F)(F)F)c3)o2)c(C)c1[N+](=O)[O-]. The fourth-order valence-electron chi connectivity index (χ4n) is 2.50. The van der Waals surface area contributed by atoms with E-state index in [1.807, 2.05) is 0 Å². The van der Waals surface area contributed by atoms with E-state index >= 15 is 0 Å². The maximum absolute atomic E-state index is 12.8. The molecule has 0 saturated carbocycles. The van der Waals surface area contributed by atoms with Crippen LogP contribution in [0.25, 0.3) is 11.5 Å². The number of halogens is 3. The van der Waals surface area contributed by atoms with E-state index in [1.54, 1.807) is 0 Å². The Morgan fingerprint density at radius 1 is 1.27 bits per heavy atom. The summed E-state index contributed by atoms with van der Waals surface area (Å²) in [6.07, 6.45) is -4.48. The Kier molecular flexibility index (Phi) is 4.22. The van der Waals surface area contributed by atoms with E-state index in [2.05, 4.69) is 15.3 Å². The number of benzene rings is 1. The number of aryl methyl sites for hydroxylation is 1. The minimum atomic E-state index is -4.48. The predicted molar refractivity (Wildman–Crippen MR) is 82.2 cm³/mol. The van der Waals surface area contributed by atoms with E-state index < -0.39 is 16.7 Å². The summed E-state index contributed by atoms with van der Waals surface area (Å²) in [6.45, 7) is 3.00. The van der Waals surface area contributed by atoms with Crippen LogP contribution in [-0.2, 0) is 12.7 Å². The average Bonchev–Trinajstić information content (AvgIpc) is 3.12. The maximum Gasteiger partial charge on any atom is 0.416 e. The Morgan fingerprint density at radius 3 is 2.62 bits per heavy atom. The number of hydrogen-bond donors (Lipinski definition) is 0. The standard InChI is InChI=1S/C15H12F3N5O3/c1-8-13(23(24)25)9(2)22(21-8)7-12-19-20-14(26-12)10-4-3-5-11(6-10)15(16,17)18/h3-6H,7H2,1-2H3. The van der Waals surface area contributed by atoms with E-state index in [0.29, 0.717) is 5.69 Å². The van der Waals surface area contributed by atoms with Crippen LogP contribution in [0.1, 0.15) is 22.8 Å². The highest BCUT2D eigenvalue weighted by atomic mass is 19.4. The van der Waals surface area contributed by atoms with Gasteiger partial charge in [0.1, 0.15) is 17.9 Å². The third kappa shape index (κ3) is 3.27. The zero-order valence-electron chi connectivity index (χ0n) is 13.6. The Balaban J connectivity index is 1.88. The molecule has 136 valence electrons. The molecule has 0 bridgehead atoms. The van der Waals surface area contributed by atoms with Crippen molar-refractivity contribution in [1.82, 2.24) is 20.0 Å². The van der Waals surface area contributed by atoms with Gasteiger partial charge in [0.15, 0.2) is 0 Å². The van der Waals surface area contributed by atoms with Gasteiger partial charge < -0.3 is 4.42 Å². The molecule has 1 aromatic carbocycles. The van der Waals surface area contributed by atoms with Gasteiger partial charge in [-0.05, 0) is 32.0 Å². The average molecular weight is 367 g/mol. The molecule has 26 heavy (non-hydrogen) atoms. The van der Waals surface area contributed by atoms with Gasteiger partial charge >= 0.3 is 11.9 Å². The number of alkyl halides is 3. The van der Waals surface area contributed by atoms with E-state index in [1.165, 1.54) is 30.7 Å². The maximum atomic E-state index is 12.8. The molecule has 0 amide bonds. The van der Waals surface area contributed by atoms with Gasteiger partial charge in [-0.2, -0.15) is 18.3 Å². The predicted octanol–water partition coefficient (Wildman–Crippen LogP) is 3.53. The highest BCUT2D eigenvalue weighted by molar-refractivity contribution is 5.54. The normalized spacial score (nSPS) is 11.7. The molecule has 8 nitrogen and oxygen atoms in total. The summed E-state index contributed by atoms with van der Waals surface area (Å²) in [4.78, 5) is 10.5. The quantitative estimate of drug-likeness (QED) is 0.517. The zero-order valence-corrected chi connectivity index (χ0v) is 13.6. The number of rotatable bonds is 4. The molecule has 0 aliphatic carbocycles. The number of hydrogen-bond acceptors (Lipinski definition) is 6. The van der Waals surface area contributed by atoms with Crippen LogP contribution in [-0.4, -0.2) is 24.9 Å². The third-order valence-electron chi connectivity index (χ3n) is 3.71. The summed E-state index contributed by atoms with van der Waals surface area (Å²) in [5.74, 6) is -0.0139. The van der Waals surface area contributed by atoms with Crippen molar-refractivity contribution < 1.29 is 22.5 Å². The second-order valence-corrected chi connectivity index (χ2v) is 5.51. The van der Waals surface area contributed by atoms with Crippen LogP contribution in [0, 0.1) is 24.0 Å². The lowest BCUT2D eigenvalue weighted by atomic mass is 10.1. The highest BCUT2D eigenvalue weighted by Crippen LogP contribution is 2.32. The molecule has 3 aromatic rings. The van der Waals surface area contributed by atoms with E-state index in [9.17, 15) is 23.3 Å². The Bertz CT molecular complexity index is 977. The molecule has 2 aromatic heterocycles. The number of aromatic nitrogens is 4. The molecule has 0 radical (unpaired) electrons. The van der Waals surface area contributed by atoms with Crippen LogP contribution in [0.4, 0.5) is 18.9 Å². The first-order valence-electron chi connectivity index (χ1n) is 7.35. The summed E-state index contributed by atoms with van der Waals surface area (Å²) in [6, 6.07) is 4.51. The first-order valence-corrected chi connectivity index (χ1v) is 7.35. The highest BCUT2D eigenvalue weighted by Gasteiger charge is 2.31. The lowest BCUT2D eigenvalue weighted by Gasteiger charge is -2.06. The molecule has 3 rings (SSSR count). The van der Waals surface area contributed by atoms with Gasteiger partial charge in [0, 0.05) is 5.56 Å². The van der Waals surface area contributed by atoms with Crippen molar-refractivity contribution in [1.29, 1.82) is 0 Å². The Hall–Kier alpha value is -3.24. The molecule has 0 aliphatic heterocycles. The summed E-state index contributed by atoms with van der Waals surface area (Å²) >= 11 is 0. The smallest absolute Gasteiger partial charge is 0.416 e. The molecular weight excluding hydrogens is 355 g/mol. The van der Waals surface area contributed by atoms with Crippen LogP contribution >= 0.6 is 0 Å². The molecule has 0 aliphatic rings. The van der Waals surface area contributed by atoms with Gasteiger partial charge in [-0.25, -0.2) is 0 Å². The zero-order chi connectivity index (χ0) is 19.1. The van der Waals surface area contributed by atoms with Crippen LogP contribution in [0.5, 0.6) is 0 Å². The van der Waals surface area contributed by atoms with E-state index in [4.69, 9.17) is 4.42 Å². The summed E-state index contributed by atoms with van der Waals surface area (Å²) in [7, 11) is 0. The topological polar surface area (TPSA) is 99.9 Å². The first-order chi connectivity index (χ1) is 12.2. The molecular formula is C15H12F3N5O3. The molecule has 0 unspecified atom stereocenters. The lowest BCUT2D eigenvalue weighted by molar-refractivity contribution is -0.386. The number of nitro groups is 1. The van der Waals surface area contributed by atoms with Crippen LogP contribution in [0.15, 0.2) is 28.7 Å². The summed E-state index contributed by atoms with van der Waals surface area (Å²) in [5.41, 5.74) is -0.263. The minimum Gasteiger partial charge on any atom is -0.419 e. The monoisotopic (exact) mass is 367 g/mol. The number of nitrogens with zero attached hydrogens (tertiary/aromatic N) is 5. The Labute approximate surface area is 144 Å². The van der Waals surface area contributed by atoms with Gasteiger partial charge in [-0.15, -0.1) is 10.2 Å². The van der Waals surface area contributed by atoms with E-state index in [0.717, 1.165) is 12.1 Å². The van der Waals surface area contributed by atoms with E-state index in [-0.39, 0.29) is 35.3 Å². The molecule has 0 spiro atoms. The fourth-order valence-corrected chi connectivity index (χ4v) is 2.50. The molecule has 0 saturated heterocycles. The first kappa shape index (κ1) is 17.6.